The van der Waals surface area contributed by atoms with Crippen LogP contribution in [0.2, 0.25) is 0 Å². The average Bonchev–Trinajstić information content (AvgIpc) is 3.12. The molecular weight excluding hydrogens is 236 g/mol. The molecule has 0 spiro atoms. The number of hydrogen-bond donors (Lipinski definition) is 1. The molecule has 6 heteroatoms. The number of nitrogens with zero attached hydrogens (tertiary/aromatic N) is 2. The topological polar surface area (TPSA) is 77.9 Å². The number of rotatable bonds is 2. The molecule has 100 valence electrons. The Labute approximate surface area is 106 Å². The molecule has 2 aliphatic rings. The fourth-order valence-electron chi connectivity index (χ4n) is 2.38. The molecule has 0 aromatic heterocycles. The van der Waals surface area contributed by atoms with Crippen molar-refractivity contribution in [2.24, 2.45) is 5.41 Å². The molecule has 1 saturated heterocycles. The summed E-state index contributed by atoms with van der Waals surface area (Å²) in [6.07, 6.45) is 1.59. The van der Waals surface area contributed by atoms with Crippen LogP contribution in [0.25, 0.3) is 0 Å². The molecule has 0 aromatic rings. The SMILES string of the molecule is CC(=O)N1CCCN(C(=O)C2(C(=O)O)CC2)CC1. The summed E-state index contributed by atoms with van der Waals surface area (Å²) in [5.74, 6) is -1.29. The van der Waals surface area contributed by atoms with Gasteiger partial charge >= 0.3 is 5.97 Å². The Hall–Kier alpha value is -1.59. The fourth-order valence-corrected chi connectivity index (χ4v) is 2.38. The Bertz CT molecular complexity index is 390. The van der Waals surface area contributed by atoms with E-state index in [1.54, 1.807) is 9.80 Å². The normalized spacial score (nSPS) is 22.3. The van der Waals surface area contributed by atoms with Crippen molar-refractivity contribution < 1.29 is 19.5 Å². The largest absolute Gasteiger partial charge is 0.480 e. The van der Waals surface area contributed by atoms with Crippen molar-refractivity contribution in [1.82, 2.24) is 9.80 Å². The molecule has 2 fully saturated rings. The summed E-state index contributed by atoms with van der Waals surface area (Å²) in [5.41, 5.74) is -1.16. The van der Waals surface area contributed by atoms with Gasteiger partial charge in [-0.2, -0.15) is 0 Å². The second-order valence-electron chi connectivity index (χ2n) is 5.04. The Morgan fingerprint density at radius 1 is 1.00 bits per heavy atom. The lowest BCUT2D eigenvalue weighted by molar-refractivity contribution is -0.153. The minimum atomic E-state index is -1.16. The van der Waals surface area contributed by atoms with Gasteiger partial charge in [0.2, 0.25) is 11.8 Å². The summed E-state index contributed by atoms with van der Waals surface area (Å²) in [6, 6.07) is 0. The van der Waals surface area contributed by atoms with Crippen molar-refractivity contribution in [3.63, 3.8) is 0 Å². The first-order valence-corrected chi connectivity index (χ1v) is 6.26. The summed E-state index contributed by atoms with van der Waals surface area (Å²) in [4.78, 5) is 37.9. The van der Waals surface area contributed by atoms with Crippen LogP contribution in [0.1, 0.15) is 26.2 Å². The van der Waals surface area contributed by atoms with Crippen LogP contribution in [0.3, 0.4) is 0 Å². The van der Waals surface area contributed by atoms with Crippen LogP contribution < -0.4 is 0 Å². The zero-order chi connectivity index (χ0) is 13.3. The Morgan fingerprint density at radius 3 is 2.06 bits per heavy atom. The number of carbonyl (C=O) groups is 3. The number of carboxylic acids is 1. The summed E-state index contributed by atoms with van der Waals surface area (Å²) >= 11 is 0. The maximum Gasteiger partial charge on any atom is 0.319 e. The van der Waals surface area contributed by atoms with Crippen molar-refractivity contribution >= 4 is 17.8 Å². The summed E-state index contributed by atoms with van der Waals surface area (Å²) in [6.45, 7) is 3.62. The van der Waals surface area contributed by atoms with Gasteiger partial charge in [0.1, 0.15) is 5.41 Å². The predicted octanol–water partition coefficient (Wildman–Crippen LogP) is -0.0680. The van der Waals surface area contributed by atoms with Gasteiger partial charge in [-0.05, 0) is 19.3 Å². The number of aliphatic carboxylic acids is 1. The van der Waals surface area contributed by atoms with E-state index in [1.165, 1.54) is 6.92 Å². The summed E-state index contributed by atoms with van der Waals surface area (Å²) in [7, 11) is 0. The van der Waals surface area contributed by atoms with Crippen LogP contribution in [-0.2, 0) is 14.4 Å². The lowest BCUT2D eigenvalue weighted by Crippen LogP contribution is -2.43. The Kier molecular flexibility index (Phi) is 3.28. The van der Waals surface area contributed by atoms with E-state index in [4.69, 9.17) is 5.11 Å². The van der Waals surface area contributed by atoms with Gasteiger partial charge in [0.05, 0.1) is 0 Å². The molecular formula is C12H18N2O4. The molecule has 6 nitrogen and oxygen atoms in total. The van der Waals surface area contributed by atoms with Crippen molar-refractivity contribution in [2.45, 2.75) is 26.2 Å². The molecule has 1 saturated carbocycles. The van der Waals surface area contributed by atoms with Gasteiger partial charge in [0.15, 0.2) is 0 Å². The molecule has 0 unspecified atom stereocenters. The minimum Gasteiger partial charge on any atom is -0.480 e. The van der Waals surface area contributed by atoms with Crippen LogP contribution in [0.5, 0.6) is 0 Å². The van der Waals surface area contributed by atoms with E-state index in [2.05, 4.69) is 0 Å². The first-order valence-electron chi connectivity index (χ1n) is 6.26. The van der Waals surface area contributed by atoms with Gasteiger partial charge < -0.3 is 14.9 Å². The van der Waals surface area contributed by atoms with E-state index in [0.717, 1.165) is 0 Å². The third-order valence-electron chi connectivity index (χ3n) is 3.80. The minimum absolute atomic E-state index is 0.00340. The fraction of sp³-hybridized carbons (Fsp3) is 0.750. The van der Waals surface area contributed by atoms with E-state index in [1.807, 2.05) is 0 Å². The Balaban J connectivity index is 2.00. The number of amides is 2. The summed E-state index contributed by atoms with van der Waals surface area (Å²) < 4.78 is 0. The van der Waals surface area contributed by atoms with Gasteiger partial charge in [-0.1, -0.05) is 0 Å². The highest BCUT2D eigenvalue weighted by Gasteiger charge is 2.58. The molecule has 2 rings (SSSR count). The van der Waals surface area contributed by atoms with Crippen LogP contribution in [0, 0.1) is 5.41 Å². The third kappa shape index (κ3) is 2.19. The smallest absolute Gasteiger partial charge is 0.319 e. The van der Waals surface area contributed by atoms with E-state index in [-0.39, 0.29) is 11.8 Å². The zero-order valence-corrected chi connectivity index (χ0v) is 10.5. The molecule has 0 atom stereocenters. The highest BCUT2D eigenvalue weighted by Crippen LogP contribution is 2.47. The number of carbonyl (C=O) groups excluding carboxylic acids is 2. The van der Waals surface area contributed by atoms with Gasteiger partial charge in [-0.15, -0.1) is 0 Å². The first-order chi connectivity index (χ1) is 8.47. The van der Waals surface area contributed by atoms with Crippen molar-refractivity contribution in [2.75, 3.05) is 26.2 Å². The lowest BCUT2D eigenvalue weighted by Gasteiger charge is -2.24. The molecule has 1 N–H and O–H groups in total. The van der Waals surface area contributed by atoms with Gasteiger partial charge in [0.25, 0.3) is 0 Å². The van der Waals surface area contributed by atoms with Crippen molar-refractivity contribution in [3.8, 4) is 0 Å². The van der Waals surface area contributed by atoms with Crippen LogP contribution >= 0.6 is 0 Å². The molecule has 1 aliphatic heterocycles. The van der Waals surface area contributed by atoms with E-state index < -0.39 is 11.4 Å². The van der Waals surface area contributed by atoms with Crippen LogP contribution in [0.4, 0.5) is 0 Å². The van der Waals surface area contributed by atoms with Crippen LogP contribution in [0.15, 0.2) is 0 Å². The second kappa shape index (κ2) is 4.59. The maximum atomic E-state index is 12.2. The first kappa shape index (κ1) is 12.9. The second-order valence-corrected chi connectivity index (χ2v) is 5.04. The monoisotopic (exact) mass is 254 g/mol. The average molecular weight is 254 g/mol. The van der Waals surface area contributed by atoms with E-state index in [9.17, 15) is 14.4 Å². The van der Waals surface area contributed by atoms with Gasteiger partial charge in [-0.3, -0.25) is 14.4 Å². The zero-order valence-electron chi connectivity index (χ0n) is 10.5. The quantitative estimate of drug-likeness (QED) is 0.700. The summed E-state index contributed by atoms with van der Waals surface area (Å²) in [5, 5.41) is 9.10. The molecule has 0 aromatic carbocycles. The molecule has 1 aliphatic carbocycles. The highest BCUT2D eigenvalue weighted by atomic mass is 16.4. The van der Waals surface area contributed by atoms with Crippen molar-refractivity contribution in [1.29, 1.82) is 0 Å². The molecule has 18 heavy (non-hydrogen) atoms. The van der Waals surface area contributed by atoms with Gasteiger partial charge in [-0.25, -0.2) is 0 Å². The molecule has 1 heterocycles. The number of hydrogen-bond acceptors (Lipinski definition) is 3. The Morgan fingerprint density at radius 2 is 1.56 bits per heavy atom. The standard InChI is InChI=1S/C12H18N2O4/c1-9(15)13-5-2-6-14(8-7-13)10(16)12(3-4-12)11(17)18/h2-8H2,1H3,(H,17,18). The highest BCUT2D eigenvalue weighted by molar-refractivity contribution is 6.04. The molecule has 0 radical (unpaired) electrons. The molecule has 0 bridgehead atoms. The lowest BCUT2D eigenvalue weighted by atomic mass is 10.1. The van der Waals surface area contributed by atoms with Crippen LogP contribution in [-0.4, -0.2) is 58.9 Å². The maximum absolute atomic E-state index is 12.2. The van der Waals surface area contributed by atoms with Gasteiger partial charge in [0, 0.05) is 33.1 Å². The number of carboxylic acid groups (broad SMARTS) is 1. The van der Waals surface area contributed by atoms with Crippen molar-refractivity contribution in [3.05, 3.63) is 0 Å². The van der Waals surface area contributed by atoms with E-state index >= 15 is 0 Å². The predicted molar refractivity (Wildman–Crippen MR) is 62.8 cm³/mol. The van der Waals surface area contributed by atoms with E-state index in [0.29, 0.717) is 45.4 Å². The third-order valence-corrected chi connectivity index (χ3v) is 3.80. The molecule has 2 amide bonds.